The maximum Gasteiger partial charge on any atom is 0.251 e. The van der Waals surface area contributed by atoms with Crippen LogP contribution in [0.2, 0.25) is 0 Å². The molecule has 0 atom stereocenters. The van der Waals surface area contributed by atoms with Gasteiger partial charge in [-0.2, -0.15) is 4.31 Å². The zero-order valence-corrected chi connectivity index (χ0v) is 17.2. The van der Waals surface area contributed by atoms with Crippen molar-refractivity contribution in [1.29, 1.82) is 0 Å². The van der Waals surface area contributed by atoms with Gasteiger partial charge in [-0.25, -0.2) is 8.42 Å². The van der Waals surface area contributed by atoms with Crippen molar-refractivity contribution in [2.24, 2.45) is 0 Å². The first-order valence-electron chi connectivity index (χ1n) is 9.65. The van der Waals surface area contributed by atoms with Crippen molar-refractivity contribution in [2.45, 2.75) is 24.2 Å². The second-order valence-corrected chi connectivity index (χ2v) is 8.89. The van der Waals surface area contributed by atoms with E-state index in [-0.39, 0.29) is 17.0 Å². The van der Waals surface area contributed by atoms with Gasteiger partial charge in [-0.05, 0) is 49.2 Å². The SMILES string of the molecule is C#Cc1cccc(NC(=O)CNC(=O)c2cccc(S(=O)(=O)N3CCCCC3)c2)c1. The van der Waals surface area contributed by atoms with Gasteiger partial charge in [-0.15, -0.1) is 6.42 Å². The van der Waals surface area contributed by atoms with E-state index < -0.39 is 21.8 Å². The molecule has 2 aromatic carbocycles. The minimum absolute atomic E-state index is 0.0765. The molecule has 1 heterocycles. The maximum atomic E-state index is 12.8. The minimum Gasteiger partial charge on any atom is -0.343 e. The predicted molar refractivity (Wildman–Crippen MR) is 114 cm³/mol. The number of nitrogens with zero attached hydrogens (tertiary/aromatic N) is 1. The van der Waals surface area contributed by atoms with Crippen LogP contribution in [0.4, 0.5) is 5.69 Å². The summed E-state index contributed by atoms with van der Waals surface area (Å²) in [5, 5.41) is 5.16. The summed E-state index contributed by atoms with van der Waals surface area (Å²) in [6.07, 6.45) is 8.02. The molecular formula is C22H23N3O4S. The van der Waals surface area contributed by atoms with Gasteiger partial charge >= 0.3 is 0 Å². The number of amides is 2. The predicted octanol–water partition coefficient (Wildman–Crippen LogP) is 2.21. The maximum absolute atomic E-state index is 12.8. The molecule has 1 aliphatic rings. The van der Waals surface area contributed by atoms with E-state index in [4.69, 9.17) is 6.42 Å². The Morgan fingerprint density at radius 1 is 1.03 bits per heavy atom. The molecule has 0 radical (unpaired) electrons. The molecule has 2 N–H and O–H groups in total. The van der Waals surface area contributed by atoms with Gasteiger partial charge in [-0.3, -0.25) is 9.59 Å². The molecule has 8 heteroatoms. The van der Waals surface area contributed by atoms with Crippen LogP contribution in [0, 0.1) is 12.3 Å². The molecule has 0 spiro atoms. The number of benzene rings is 2. The second-order valence-electron chi connectivity index (χ2n) is 6.95. The average Bonchev–Trinajstić information content (AvgIpc) is 2.78. The van der Waals surface area contributed by atoms with Crippen LogP contribution in [-0.4, -0.2) is 44.2 Å². The molecule has 3 rings (SSSR count). The molecule has 7 nitrogen and oxygen atoms in total. The van der Waals surface area contributed by atoms with Crippen molar-refractivity contribution >= 4 is 27.5 Å². The zero-order chi connectivity index (χ0) is 21.6. The van der Waals surface area contributed by atoms with Crippen LogP contribution in [0.5, 0.6) is 0 Å². The van der Waals surface area contributed by atoms with E-state index in [1.807, 2.05) is 0 Å². The molecule has 30 heavy (non-hydrogen) atoms. The highest BCUT2D eigenvalue weighted by molar-refractivity contribution is 7.89. The molecule has 1 saturated heterocycles. The normalized spacial score (nSPS) is 14.5. The van der Waals surface area contributed by atoms with Crippen LogP contribution < -0.4 is 10.6 Å². The van der Waals surface area contributed by atoms with Crippen molar-refractivity contribution in [2.75, 3.05) is 25.0 Å². The van der Waals surface area contributed by atoms with E-state index in [0.717, 1.165) is 19.3 Å². The number of terminal acetylenes is 1. The lowest BCUT2D eigenvalue weighted by Gasteiger charge is -2.26. The van der Waals surface area contributed by atoms with Gasteiger partial charge in [0, 0.05) is 29.9 Å². The lowest BCUT2D eigenvalue weighted by molar-refractivity contribution is -0.115. The number of hydrogen-bond donors (Lipinski definition) is 2. The van der Waals surface area contributed by atoms with Crippen molar-refractivity contribution in [1.82, 2.24) is 9.62 Å². The fraction of sp³-hybridized carbons (Fsp3) is 0.273. The Morgan fingerprint density at radius 2 is 1.77 bits per heavy atom. The molecule has 0 saturated carbocycles. The number of sulfonamides is 1. The average molecular weight is 426 g/mol. The third kappa shape index (κ3) is 5.26. The van der Waals surface area contributed by atoms with Crippen LogP contribution in [0.15, 0.2) is 53.4 Å². The number of rotatable bonds is 6. The first kappa shape index (κ1) is 21.6. The van der Waals surface area contributed by atoms with Crippen LogP contribution in [0.25, 0.3) is 0 Å². The number of carbonyl (C=O) groups excluding carboxylic acids is 2. The van der Waals surface area contributed by atoms with Gasteiger partial charge in [0.15, 0.2) is 0 Å². The number of anilines is 1. The third-order valence-electron chi connectivity index (χ3n) is 4.77. The van der Waals surface area contributed by atoms with Crippen LogP contribution in [0.1, 0.15) is 35.2 Å². The summed E-state index contributed by atoms with van der Waals surface area (Å²) in [5.41, 5.74) is 1.33. The zero-order valence-electron chi connectivity index (χ0n) is 16.4. The largest absolute Gasteiger partial charge is 0.343 e. The molecule has 0 bridgehead atoms. The number of nitrogens with one attached hydrogen (secondary N) is 2. The Kier molecular flexibility index (Phi) is 6.87. The Balaban J connectivity index is 1.62. The summed E-state index contributed by atoms with van der Waals surface area (Å²) in [6.45, 7) is 0.710. The van der Waals surface area contributed by atoms with Crippen LogP contribution in [0.3, 0.4) is 0 Å². The van der Waals surface area contributed by atoms with Gasteiger partial charge in [0.05, 0.1) is 11.4 Å². The summed E-state index contributed by atoms with van der Waals surface area (Å²) >= 11 is 0. The van der Waals surface area contributed by atoms with Crippen molar-refractivity contribution in [3.8, 4) is 12.3 Å². The smallest absolute Gasteiger partial charge is 0.251 e. The van der Waals surface area contributed by atoms with Crippen molar-refractivity contribution < 1.29 is 18.0 Å². The molecule has 2 amide bonds. The van der Waals surface area contributed by atoms with E-state index in [9.17, 15) is 18.0 Å². The Bertz CT molecular complexity index is 1080. The van der Waals surface area contributed by atoms with Crippen molar-refractivity contribution in [3.05, 3.63) is 59.7 Å². The standard InChI is InChI=1S/C22H23N3O4S/c1-2-17-8-6-10-19(14-17)24-21(26)16-23-22(27)18-9-7-11-20(15-18)30(28,29)25-12-4-3-5-13-25/h1,6-11,14-15H,3-5,12-13,16H2,(H,23,27)(H,24,26). The van der Waals surface area contributed by atoms with Gasteiger partial charge in [-0.1, -0.05) is 24.5 Å². The first-order chi connectivity index (χ1) is 14.4. The highest BCUT2D eigenvalue weighted by Gasteiger charge is 2.26. The van der Waals surface area contributed by atoms with E-state index in [1.165, 1.54) is 28.6 Å². The molecule has 1 fully saturated rings. The summed E-state index contributed by atoms with van der Waals surface area (Å²) in [5.74, 6) is 1.53. The van der Waals surface area contributed by atoms with Gasteiger partial charge in [0.25, 0.3) is 5.91 Å². The van der Waals surface area contributed by atoms with E-state index in [2.05, 4.69) is 16.6 Å². The van der Waals surface area contributed by atoms with Crippen LogP contribution in [-0.2, 0) is 14.8 Å². The molecule has 2 aromatic rings. The van der Waals surface area contributed by atoms with E-state index in [1.54, 1.807) is 24.3 Å². The summed E-state index contributed by atoms with van der Waals surface area (Å²) < 4.78 is 27.0. The van der Waals surface area contributed by atoms with Gasteiger partial charge in [0.2, 0.25) is 15.9 Å². The summed E-state index contributed by atoms with van der Waals surface area (Å²) in [7, 11) is -3.64. The highest BCUT2D eigenvalue weighted by atomic mass is 32.2. The fourth-order valence-electron chi connectivity index (χ4n) is 3.21. The van der Waals surface area contributed by atoms with Crippen molar-refractivity contribution in [3.63, 3.8) is 0 Å². The Labute approximate surface area is 176 Å². The topological polar surface area (TPSA) is 95.6 Å². The molecule has 0 aliphatic carbocycles. The molecule has 1 aliphatic heterocycles. The lowest BCUT2D eigenvalue weighted by atomic mass is 10.2. The van der Waals surface area contributed by atoms with Crippen LogP contribution >= 0.6 is 0 Å². The number of hydrogen-bond acceptors (Lipinski definition) is 4. The fourth-order valence-corrected chi connectivity index (χ4v) is 4.77. The first-order valence-corrected chi connectivity index (χ1v) is 11.1. The molecule has 156 valence electrons. The number of piperidine rings is 1. The quantitative estimate of drug-likeness (QED) is 0.694. The van der Waals surface area contributed by atoms with E-state index >= 15 is 0 Å². The lowest BCUT2D eigenvalue weighted by Crippen LogP contribution is -2.36. The summed E-state index contributed by atoms with van der Waals surface area (Å²) in [4.78, 5) is 24.6. The van der Waals surface area contributed by atoms with Gasteiger partial charge in [0.1, 0.15) is 0 Å². The highest BCUT2D eigenvalue weighted by Crippen LogP contribution is 2.21. The van der Waals surface area contributed by atoms with Gasteiger partial charge < -0.3 is 10.6 Å². The Hall–Kier alpha value is -3.15. The monoisotopic (exact) mass is 425 g/mol. The minimum atomic E-state index is -3.64. The van der Waals surface area contributed by atoms with E-state index in [0.29, 0.717) is 24.3 Å². The summed E-state index contributed by atoms with van der Waals surface area (Å²) in [6, 6.07) is 12.7. The molecular weight excluding hydrogens is 402 g/mol. The molecule has 0 aromatic heterocycles. The second kappa shape index (κ2) is 9.57. The number of carbonyl (C=O) groups is 2. The molecule has 0 unspecified atom stereocenters. The Morgan fingerprint density at radius 3 is 2.50 bits per heavy atom. The third-order valence-corrected chi connectivity index (χ3v) is 6.67.